The first-order valence-electron chi connectivity index (χ1n) is 8.19. The van der Waals surface area contributed by atoms with Gasteiger partial charge in [0.1, 0.15) is 18.2 Å². The molecular weight excluding hydrogens is 386 g/mol. The number of pyridine rings is 1. The molecule has 11 heteroatoms. The summed E-state index contributed by atoms with van der Waals surface area (Å²) in [5.74, 6) is -0.437. The van der Waals surface area contributed by atoms with Crippen molar-refractivity contribution in [2.45, 2.75) is 19.4 Å². The molecule has 0 fully saturated rings. The number of ether oxygens (including phenoxy) is 1. The minimum Gasteiger partial charge on any atom is -0.494 e. The molecule has 10 nitrogen and oxygen atoms in total. The number of benzene rings is 1. The predicted molar refractivity (Wildman–Crippen MR) is 105 cm³/mol. The normalized spacial score (nSPS) is 15.8. The average molecular weight is 405 g/mol. The van der Waals surface area contributed by atoms with Gasteiger partial charge in [0.25, 0.3) is 11.5 Å². The number of hydrogen-bond donors (Lipinski definition) is 5. The molecule has 1 amide bonds. The van der Waals surface area contributed by atoms with E-state index in [1.54, 1.807) is 32.0 Å². The van der Waals surface area contributed by atoms with Crippen molar-refractivity contribution in [2.75, 3.05) is 11.3 Å². The standard InChI is InChI=1S/C17H19N5O5S/c1-17(2,20-16(25)9-6-12(23)19-13(24)7-9)8-27-11-5-3-4-10-14(11)15(18)22-28(26)21-10/h3-7,21H,8H2,1-2H3,(H2,18,22)(H,20,25)(H2,19,23,24). The largest absolute Gasteiger partial charge is 0.494 e. The van der Waals surface area contributed by atoms with E-state index in [0.29, 0.717) is 17.0 Å². The third kappa shape index (κ3) is 4.31. The molecule has 0 radical (unpaired) electrons. The van der Waals surface area contributed by atoms with E-state index in [2.05, 4.69) is 19.4 Å². The van der Waals surface area contributed by atoms with Gasteiger partial charge in [-0.05, 0) is 26.0 Å². The third-order valence-electron chi connectivity index (χ3n) is 3.79. The monoisotopic (exact) mass is 405 g/mol. The van der Waals surface area contributed by atoms with Crippen molar-refractivity contribution in [1.82, 2.24) is 10.3 Å². The lowest BCUT2D eigenvalue weighted by molar-refractivity contribution is 0.0880. The van der Waals surface area contributed by atoms with Crippen LogP contribution in [0.5, 0.6) is 11.6 Å². The molecule has 1 aromatic carbocycles. The van der Waals surface area contributed by atoms with Crippen LogP contribution in [-0.2, 0) is 11.2 Å². The first-order chi connectivity index (χ1) is 13.1. The molecule has 0 aliphatic carbocycles. The van der Waals surface area contributed by atoms with Gasteiger partial charge in [-0.25, -0.2) is 4.21 Å². The molecule has 1 aliphatic rings. The van der Waals surface area contributed by atoms with Crippen LogP contribution in [0.4, 0.5) is 5.69 Å². The number of H-pyrrole nitrogens is 1. The van der Waals surface area contributed by atoms with Crippen LogP contribution < -0.4 is 26.1 Å². The number of nitrogens with zero attached hydrogens (tertiary/aromatic N) is 1. The minimum atomic E-state index is -1.64. The second kappa shape index (κ2) is 7.35. The molecule has 2 heterocycles. The number of anilines is 1. The zero-order chi connectivity index (χ0) is 20.5. The van der Waals surface area contributed by atoms with Gasteiger partial charge in [0.05, 0.1) is 22.4 Å². The first kappa shape index (κ1) is 19.4. The third-order valence-corrected chi connectivity index (χ3v) is 4.55. The van der Waals surface area contributed by atoms with Crippen molar-refractivity contribution in [2.24, 2.45) is 10.1 Å². The number of hydrogen-bond acceptors (Lipinski definition) is 6. The van der Waals surface area contributed by atoms with Gasteiger partial charge in [0.2, 0.25) is 11.2 Å². The highest BCUT2D eigenvalue weighted by atomic mass is 32.2. The van der Waals surface area contributed by atoms with Gasteiger partial charge in [-0.2, -0.15) is 4.40 Å². The van der Waals surface area contributed by atoms with E-state index in [1.165, 1.54) is 0 Å². The molecule has 1 aliphatic heterocycles. The van der Waals surface area contributed by atoms with E-state index < -0.39 is 34.1 Å². The summed E-state index contributed by atoms with van der Waals surface area (Å²) < 4.78 is 23.9. The number of aromatic hydroxyl groups is 1. The second-order valence-corrected chi connectivity index (χ2v) is 7.64. The topological polar surface area (TPSA) is 159 Å². The number of aromatic nitrogens is 1. The quantitative estimate of drug-likeness (QED) is 0.483. The molecule has 148 valence electrons. The number of amidine groups is 1. The summed E-state index contributed by atoms with van der Waals surface area (Å²) in [7, 11) is 0. The summed E-state index contributed by atoms with van der Waals surface area (Å²) in [6, 6.07) is 7.34. The minimum absolute atomic E-state index is 0.0227. The van der Waals surface area contributed by atoms with Crippen molar-refractivity contribution >= 4 is 28.6 Å². The van der Waals surface area contributed by atoms with Gasteiger partial charge >= 0.3 is 0 Å². The second-order valence-electron chi connectivity index (χ2n) is 6.75. The molecule has 0 spiro atoms. The molecule has 1 atom stereocenters. The van der Waals surface area contributed by atoms with E-state index in [4.69, 9.17) is 10.5 Å². The number of nitrogens with two attached hydrogens (primary N) is 1. The summed E-state index contributed by atoms with van der Waals surface area (Å²) in [5, 5.41) is 12.2. The van der Waals surface area contributed by atoms with Gasteiger partial charge < -0.3 is 20.9 Å². The Morgan fingerprint density at radius 2 is 2.14 bits per heavy atom. The number of amides is 1. The van der Waals surface area contributed by atoms with Crippen LogP contribution in [0.3, 0.4) is 0 Å². The lowest BCUT2D eigenvalue weighted by atomic mass is 10.1. The van der Waals surface area contributed by atoms with Gasteiger partial charge in [-0.1, -0.05) is 6.07 Å². The van der Waals surface area contributed by atoms with Crippen LogP contribution in [0, 0.1) is 0 Å². The van der Waals surface area contributed by atoms with Gasteiger partial charge in [-0.3, -0.25) is 19.3 Å². The maximum absolute atomic E-state index is 12.4. The summed E-state index contributed by atoms with van der Waals surface area (Å²) in [6.07, 6.45) is 0. The Bertz CT molecular complexity index is 1050. The molecule has 0 saturated carbocycles. The first-order valence-corrected chi connectivity index (χ1v) is 9.30. The summed E-state index contributed by atoms with van der Waals surface area (Å²) in [4.78, 5) is 26.0. The molecule has 0 bridgehead atoms. The number of rotatable bonds is 5. The highest BCUT2D eigenvalue weighted by Crippen LogP contribution is 2.30. The number of nitrogens with one attached hydrogen (secondary N) is 3. The summed E-state index contributed by atoms with van der Waals surface area (Å²) in [5.41, 5.74) is 5.50. The van der Waals surface area contributed by atoms with Crippen LogP contribution in [-0.4, -0.2) is 38.2 Å². The Balaban J connectivity index is 1.74. The summed E-state index contributed by atoms with van der Waals surface area (Å²) in [6.45, 7) is 3.54. The Kier molecular flexibility index (Phi) is 5.10. The Hall–Kier alpha value is -3.34. The van der Waals surface area contributed by atoms with E-state index in [9.17, 15) is 18.9 Å². The molecule has 28 heavy (non-hydrogen) atoms. The maximum Gasteiger partial charge on any atom is 0.252 e. The molecular formula is C17H19N5O5S. The molecule has 6 N–H and O–H groups in total. The fraction of sp³-hybridized carbons (Fsp3) is 0.235. The smallest absolute Gasteiger partial charge is 0.252 e. The van der Waals surface area contributed by atoms with Crippen molar-refractivity contribution in [1.29, 1.82) is 0 Å². The summed E-state index contributed by atoms with van der Waals surface area (Å²) >= 11 is -1.64. The van der Waals surface area contributed by atoms with Crippen LogP contribution in [0.1, 0.15) is 29.8 Å². The van der Waals surface area contributed by atoms with Crippen LogP contribution in [0.25, 0.3) is 0 Å². The molecule has 0 saturated heterocycles. The van der Waals surface area contributed by atoms with Crippen molar-refractivity contribution in [3.63, 3.8) is 0 Å². The average Bonchev–Trinajstić information content (AvgIpc) is 2.58. The van der Waals surface area contributed by atoms with E-state index >= 15 is 0 Å². The van der Waals surface area contributed by atoms with E-state index in [0.717, 1.165) is 12.1 Å². The van der Waals surface area contributed by atoms with Crippen molar-refractivity contribution in [3.05, 3.63) is 51.8 Å². The van der Waals surface area contributed by atoms with E-state index in [1.807, 2.05) is 0 Å². The molecule has 1 unspecified atom stereocenters. The van der Waals surface area contributed by atoms with E-state index in [-0.39, 0.29) is 18.0 Å². The SMILES string of the molecule is CC(C)(COc1cccc2c1C(N)=NS(=O)N2)NC(=O)c1cc(O)[nH]c(=O)c1. The zero-order valence-electron chi connectivity index (χ0n) is 15.1. The van der Waals surface area contributed by atoms with Gasteiger partial charge in [-0.15, -0.1) is 0 Å². The lowest BCUT2D eigenvalue weighted by Gasteiger charge is -2.27. The van der Waals surface area contributed by atoms with Crippen LogP contribution >= 0.6 is 0 Å². The highest BCUT2D eigenvalue weighted by molar-refractivity contribution is 7.85. The Morgan fingerprint density at radius 1 is 1.39 bits per heavy atom. The van der Waals surface area contributed by atoms with Gasteiger partial charge in [0, 0.05) is 12.1 Å². The number of carbonyl (C=O) groups is 1. The zero-order valence-corrected chi connectivity index (χ0v) is 15.9. The number of fused-ring (bicyclic) bond motifs is 1. The maximum atomic E-state index is 12.4. The fourth-order valence-electron chi connectivity index (χ4n) is 2.59. The number of carbonyl (C=O) groups excluding carboxylic acids is 1. The van der Waals surface area contributed by atoms with Gasteiger partial charge in [0.15, 0.2) is 5.88 Å². The predicted octanol–water partition coefficient (Wildman–Crippen LogP) is 0.377. The highest BCUT2D eigenvalue weighted by Gasteiger charge is 2.25. The Morgan fingerprint density at radius 3 is 2.86 bits per heavy atom. The number of aromatic amines is 1. The molecule has 3 rings (SSSR count). The van der Waals surface area contributed by atoms with Crippen LogP contribution in [0.15, 0.2) is 39.5 Å². The lowest BCUT2D eigenvalue weighted by Crippen LogP contribution is -2.48. The Labute approximate surface area is 162 Å². The molecule has 1 aromatic heterocycles. The molecule has 2 aromatic rings. The fourth-order valence-corrected chi connectivity index (χ4v) is 3.26. The van der Waals surface area contributed by atoms with Crippen molar-refractivity contribution < 1.29 is 18.8 Å². The van der Waals surface area contributed by atoms with Crippen LogP contribution in [0.2, 0.25) is 0 Å². The van der Waals surface area contributed by atoms with Crippen molar-refractivity contribution in [3.8, 4) is 11.6 Å².